The number of hydrogen-bond acceptors (Lipinski definition) is 2. The van der Waals surface area contributed by atoms with Crippen molar-refractivity contribution in [2.45, 2.75) is 29.9 Å². The number of nitrogens with zero attached hydrogens (tertiary/aromatic N) is 1. The van der Waals surface area contributed by atoms with E-state index in [1.54, 1.807) is 0 Å². The molecule has 0 aromatic carbocycles. The maximum Gasteiger partial charge on any atom is 0.393 e. The van der Waals surface area contributed by atoms with Crippen molar-refractivity contribution in [2.24, 2.45) is 0 Å². The number of piperidine rings is 1. The Morgan fingerprint density at radius 1 is 0.750 bits per heavy atom. The first-order valence-corrected chi connectivity index (χ1v) is 4.43. The normalized spacial score (nSPS) is 29.9. The van der Waals surface area contributed by atoms with Gasteiger partial charge in [-0.3, -0.25) is 4.79 Å². The molecular weight excluding hydrogens is 320 g/mol. The first-order chi connectivity index (χ1) is 8.55. The number of carbonyl (C=O) groups is 1. The lowest BCUT2D eigenvalue weighted by atomic mass is 9.93. The number of carboxylic acids is 1. The van der Waals surface area contributed by atoms with E-state index in [4.69, 9.17) is 5.11 Å². The van der Waals surface area contributed by atoms with Gasteiger partial charge in [0, 0.05) is 0 Å². The van der Waals surface area contributed by atoms with Crippen LogP contribution in [0.4, 0.5) is 43.9 Å². The molecule has 0 radical (unpaired) electrons. The molecule has 1 aliphatic rings. The number of carboxylic acid groups (broad SMARTS) is 1. The quantitative estimate of drug-likeness (QED) is 0.627. The largest absolute Gasteiger partial charge is 0.480 e. The molecule has 118 valence electrons. The molecule has 0 amide bonds. The van der Waals surface area contributed by atoms with Crippen molar-refractivity contribution in [1.29, 1.82) is 0 Å². The van der Waals surface area contributed by atoms with E-state index >= 15 is 0 Å². The van der Waals surface area contributed by atoms with Crippen LogP contribution in [-0.4, -0.2) is 52.4 Å². The first kappa shape index (κ1) is 16.8. The SMILES string of the molecule is O=C(O)CN1C(F)(F)C(F)(F)C(F)(F)C(F)(F)C1(F)F. The highest BCUT2D eigenvalue weighted by atomic mass is 19.4. The zero-order chi connectivity index (χ0) is 16.4. The van der Waals surface area contributed by atoms with Gasteiger partial charge in [-0.1, -0.05) is 0 Å². The summed E-state index contributed by atoms with van der Waals surface area (Å²) in [6.45, 7) is -2.71. The van der Waals surface area contributed by atoms with E-state index in [9.17, 15) is 48.7 Å². The Hall–Kier alpha value is -1.27. The fourth-order valence-corrected chi connectivity index (χ4v) is 1.42. The Balaban J connectivity index is 3.59. The Morgan fingerprint density at radius 3 is 1.30 bits per heavy atom. The molecule has 13 heteroatoms. The van der Waals surface area contributed by atoms with Crippen molar-refractivity contribution in [1.82, 2.24) is 4.90 Å². The van der Waals surface area contributed by atoms with Crippen LogP contribution in [0.2, 0.25) is 0 Å². The number of likely N-dealkylation sites (tertiary alicyclic amines) is 1. The molecule has 0 spiro atoms. The molecule has 1 fully saturated rings. The predicted molar refractivity (Wildman–Crippen MR) is 39.1 cm³/mol. The van der Waals surface area contributed by atoms with Gasteiger partial charge in [0.25, 0.3) is 0 Å². The highest BCUT2D eigenvalue weighted by Crippen LogP contribution is 2.64. The summed E-state index contributed by atoms with van der Waals surface area (Å²) in [7, 11) is 0. The molecular formula is C7H3F10NO2. The summed E-state index contributed by atoms with van der Waals surface area (Å²) < 4.78 is 128. The second kappa shape index (κ2) is 3.89. The van der Waals surface area contributed by atoms with Crippen LogP contribution in [0.15, 0.2) is 0 Å². The lowest BCUT2D eigenvalue weighted by molar-refractivity contribution is -0.504. The molecule has 0 aliphatic carbocycles. The van der Waals surface area contributed by atoms with Crippen LogP contribution in [0.3, 0.4) is 0 Å². The van der Waals surface area contributed by atoms with Crippen LogP contribution in [0.5, 0.6) is 0 Å². The number of halogens is 10. The number of aliphatic carboxylic acids is 1. The molecule has 0 aromatic rings. The van der Waals surface area contributed by atoms with Crippen LogP contribution < -0.4 is 0 Å². The van der Waals surface area contributed by atoms with Crippen molar-refractivity contribution in [3.63, 3.8) is 0 Å². The Labute approximate surface area is 102 Å². The van der Waals surface area contributed by atoms with Crippen LogP contribution in [0.25, 0.3) is 0 Å². The molecule has 0 saturated carbocycles. The lowest BCUT2D eigenvalue weighted by Gasteiger charge is -2.50. The van der Waals surface area contributed by atoms with Crippen molar-refractivity contribution >= 4 is 5.97 Å². The van der Waals surface area contributed by atoms with Gasteiger partial charge in [-0.05, 0) is 0 Å². The van der Waals surface area contributed by atoms with E-state index in [-0.39, 0.29) is 0 Å². The monoisotopic (exact) mass is 323 g/mol. The zero-order valence-corrected chi connectivity index (χ0v) is 8.79. The van der Waals surface area contributed by atoms with Crippen LogP contribution >= 0.6 is 0 Å². The molecule has 20 heavy (non-hydrogen) atoms. The molecule has 1 N–H and O–H groups in total. The van der Waals surface area contributed by atoms with E-state index in [0.29, 0.717) is 0 Å². The third-order valence-corrected chi connectivity index (χ3v) is 2.52. The Morgan fingerprint density at radius 2 is 1.05 bits per heavy atom. The second-order valence-electron chi connectivity index (χ2n) is 3.79. The third-order valence-electron chi connectivity index (χ3n) is 2.52. The molecule has 1 aliphatic heterocycles. The summed E-state index contributed by atoms with van der Waals surface area (Å²) in [6, 6.07) is -13.0. The summed E-state index contributed by atoms with van der Waals surface area (Å²) in [6.07, 6.45) is 0. The molecule has 1 saturated heterocycles. The molecule has 0 aromatic heterocycles. The summed E-state index contributed by atoms with van der Waals surface area (Å²) in [4.78, 5) is 7.58. The summed E-state index contributed by atoms with van der Waals surface area (Å²) in [5.41, 5.74) is 0. The van der Waals surface area contributed by atoms with Crippen molar-refractivity contribution in [3.05, 3.63) is 0 Å². The van der Waals surface area contributed by atoms with Gasteiger partial charge >= 0.3 is 35.8 Å². The molecule has 0 atom stereocenters. The van der Waals surface area contributed by atoms with Gasteiger partial charge in [0.15, 0.2) is 0 Å². The fourth-order valence-electron chi connectivity index (χ4n) is 1.42. The summed E-state index contributed by atoms with van der Waals surface area (Å²) >= 11 is 0. The number of rotatable bonds is 2. The topological polar surface area (TPSA) is 40.5 Å². The van der Waals surface area contributed by atoms with Crippen molar-refractivity contribution < 1.29 is 53.8 Å². The third kappa shape index (κ3) is 1.61. The van der Waals surface area contributed by atoms with Crippen LogP contribution in [0.1, 0.15) is 0 Å². The first-order valence-electron chi connectivity index (χ1n) is 4.43. The lowest BCUT2D eigenvalue weighted by Crippen LogP contribution is -2.82. The summed E-state index contributed by atoms with van der Waals surface area (Å²) in [5, 5.41) is 8.02. The van der Waals surface area contributed by atoms with Crippen molar-refractivity contribution in [2.75, 3.05) is 6.54 Å². The predicted octanol–water partition coefficient (Wildman–Crippen LogP) is 2.48. The molecule has 0 bridgehead atoms. The molecule has 1 rings (SSSR count). The van der Waals surface area contributed by atoms with Gasteiger partial charge < -0.3 is 5.11 Å². The van der Waals surface area contributed by atoms with Crippen LogP contribution in [-0.2, 0) is 4.79 Å². The minimum Gasteiger partial charge on any atom is -0.480 e. The van der Waals surface area contributed by atoms with Gasteiger partial charge in [0.05, 0.1) is 0 Å². The number of hydrogen-bond donors (Lipinski definition) is 1. The van der Waals surface area contributed by atoms with Gasteiger partial charge in [-0.15, -0.1) is 0 Å². The van der Waals surface area contributed by atoms with E-state index < -0.39 is 47.3 Å². The highest BCUT2D eigenvalue weighted by molar-refractivity contribution is 5.69. The maximum atomic E-state index is 13.0. The maximum absolute atomic E-state index is 13.0. The van der Waals surface area contributed by atoms with E-state index in [0.717, 1.165) is 0 Å². The van der Waals surface area contributed by atoms with E-state index in [1.165, 1.54) is 0 Å². The van der Waals surface area contributed by atoms with E-state index in [2.05, 4.69) is 0 Å². The average molecular weight is 323 g/mol. The van der Waals surface area contributed by atoms with Crippen molar-refractivity contribution in [3.8, 4) is 0 Å². The molecule has 1 heterocycles. The standard InChI is InChI=1S/C7H3F10NO2/c8-3(9)4(10,11)6(14,15)18(1-2(19)20)7(16,17)5(3,12)13/h1H2,(H,19,20). The smallest absolute Gasteiger partial charge is 0.393 e. The summed E-state index contributed by atoms with van der Waals surface area (Å²) in [5.74, 6) is -23.6. The number of alkyl halides is 10. The zero-order valence-electron chi connectivity index (χ0n) is 8.79. The highest BCUT2D eigenvalue weighted by Gasteiger charge is 2.95. The van der Waals surface area contributed by atoms with Gasteiger partial charge in [-0.2, -0.15) is 48.8 Å². The fraction of sp³-hybridized carbons (Fsp3) is 0.857. The molecule has 3 nitrogen and oxygen atoms in total. The second-order valence-corrected chi connectivity index (χ2v) is 3.79. The van der Waals surface area contributed by atoms with Gasteiger partial charge in [-0.25, -0.2) is 0 Å². The Kier molecular flexibility index (Phi) is 3.26. The van der Waals surface area contributed by atoms with E-state index in [1.807, 2.05) is 0 Å². The minimum absolute atomic E-state index is 2.46. The van der Waals surface area contributed by atoms with Gasteiger partial charge in [0.1, 0.15) is 6.54 Å². The van der Waals surface area contributed by atoms with Gasteiger partial charge in [0.2, 0.25) is 0 Å². The average Bonchev–Trinajstić information content (AvgIpc) is 2.22. The molecule has 0 unspecified atom stereocenters. The van der Waals surface area contributed by atoms with Crippen LogP contribution in [0, 0.1) is 0 Å². The Bertz CT molecular complexity index is 403. The minimum atomic E-state index is -7.10.